The molecule has 6 heteroatoms. The first kappa shape index (κ1) is 17.1. The molecule has 0 saturated heterocycles. The summed E-state index contributed by atoms with van der Waals surface area (Å²) in [5.41, 5.74) is 1.16. The second-order valence-electron chi connectivity index (χ2n) is 5.22. The summed E-state index contributed by atoms with van der Waals surface area (Å²) in [5, 5.41) is 10.7. The van der Waals surface area contributed by atoms with Gasteiger partial charge in [-0.2, -0.15) is 0 Å². The predicted octanol–water partition coefficient (Wildman–Crippen LogP) is 4.74. The van der Waals surface area contributed by atoms with E-state index in [0.717, 1.165) is 5.39 Å². The number of rotatable bonds is 4. The Hall–Kier alpha value is -2.69. The highest BCUT2D eigenvalue weighted by Gasteiger charge is 2.22. The van der Waals surface area contributed by atoms with Gasteiger partial charge in [0.2, 0.25) is 0 Å². The second kappa shape index (κ2) is 7.05. The fourth-order valence-electron chi connectivity index (χ4n) is 2.38. The van der Waals surface area contributed by atoms with E-state index in [1.54, 1.807) is 36.4 Å². The minimum Gasteiger partial charge on any atom is -0.475 e. The Morgan fingerprint density at radius 3 is 2.28 bits per heavy atom. The molecule has 0 aliphatic heterocycles. The maximum Gasteiger partial charge on any atom is 0.377 e. The molecule has 0 amide bonds. The third-order valence-electron chi connectivity index (χ3n) is 3.60. The van der Waals surface area contributed by atoms with E-state index in [0.29, 0.717) is 21.1 Å². The van der Waals surface area contributed by atoms with Crippen molar-refractivity contribution < 1.29 is 14.7 Å². The molecule has 0 radical (unpaired) electrons. The smallest absolute Gasteiger partial charge is 0.377 e. The molecule has 0 aliphatic rings. The highest BCUT2D eigenvalue weighted by molar-refractivity contribution is 6.53. The molecule has 124 valence electrons. The van der Waals surface area contributed by atoms with Crippen LogP contribution < -0.4 is 0 Å². The van der Waals surface area contributed by atoms with Gasteiger partial charge in [-0.25, -0.2) is 9.78 Å². The number of carbonyl (C=O) groups is 2. The number of halogens is 2. The number of carbonyl (C=O) groups excluding carboxylic acids is 1. The Kier molecular flexibility index (Phi) is 4.83. The van der Waals surface area contributed by atoms with E-state index in [9.17, 15) is 9.59 Å². The molecule has 0 aliphatic carbocycles. The molecule has 25 heavy (non-hydrogen) atoms. The zero-order chi connectivity index (χ0) is 18.0. The van der Waals surface area contributed by atoms with Gasteiger partial charge >= 0.3 is 5.97 Å². The Balaban J connectivity index is 2.22. The number of ketones is 1. The third-order valence-corrected chi connectivity index (χ3v) is 4.26. The molecule has 4 nitrogen and oxygen atoms in total. The number of Topliss-reactive ketones (excluding diaryl/α,β-unsaturated/α-hetero) is 1. The first-order chi connectivity index (χ1) is 12.0. The largest absolute Gasteiger partial charge is 0.475 e. The molecule has 0 saturated carbocycles. The monoisotopic (exact) mass is 371 g/mol. The number of para-hydroxylation sites is 1. The van der Waals surface area contributed by atoms with Crippen LogP contribution in [0.25, 0.3) is 22.6 Å². The van der Waals surface area contributed by atoms with Gasteiger partial charge in [-0.15, -0.1) is 0 Å². The van der Waals surface area contributed by atoms with Gasteiger partial charge in [0.05, 0.1) is 16.8 Å². The summed E-state index contributed by atoms with van der Waals surface area (Å²) < 4.78 is 0. The fraction of sp³-hybridized carbons (Fsp3) is 0. The highest BCUT2D eigenvalue weighted by Crippen LogP contribution is 2.29. The van der Waals surface area contributed by atoms with Crippen LogP contribution in [-0.4, -0.2) is 21.8 Å². The van der Waals surface area contributed by atoms with Gasteiger partial charge in [-0.3, -0.25) is 4.79 Å². The average Bonchev–Trinajstić information content (AvgIpc) is 2.60. The number of hydrogen-bond acceptors (Lipinski definition) is 3. The molecule has 0 spiro atoms. The molecule has 0 fully saturated rings. The maximum absolute atomic E-state index is 12.2. The van der Waals surface area contributed by atoms with Crippen LogP contribution in [0.2, 0.25) is 10.0 Å². The number of benzene rings is 2. The molecule has 0 bridgehead atoms. The minimum absolute atomic E-state index is 0.0896. The molecule has 1 aromatic heterocycles. The van der Waals surface area contributed by atoms with E-state index in [1.165, 1.54) is 6.08 Å². The van der Waals surface area contributed by atoms with Crippen LogP contribution >= 0.6 is 23.2 Å². The molecular weight excluding hydrogens is 361 g/mol. The first-order valence-electron chi connectivity index (χ1n) is 7.27. The lowest BCUT2D eigenvalue weighted by atomic mass is 10.0. The van der Waals surface area contributed by atoms with Crippen molar-refractivity contribution in [2.45, 2.75) is 0 Å². The minimum atomic E-state index is -1.58. The third kappa shape index (κ3) is 3.55. The van der Waals surface area contributed by atoms with Crippen LogP contribution in [0.4, 0.5) is 0 Å². The van der Waals surface area contributed by atoms with Crippen LogP contribution in [-0.2, 0) is 9.59 Å². The molecule has 3 aromatic rings. The lowest BCUT2D eigenvalue weighted by Crippen LogP contribution is -2.15. The van der Waals surface area contributed by atoms with Crippen molar-refractivity contribution in [2.24, 2.45) is 0 Å². The van der Waals surface area contributed by atoms with Gasteiger partial charge < -0.3 is 5.11 Å². The van der Waals surface area contributed by atoms with Gasteiger partial charge in [0.25, 0.3) is 5.78 Å². The summed E-state index contributed by atoms with van der Waals surface area (Å²) in [6.45, 7) is 0. The van der Waals surface area contributed by atoms with Crippen LogP contribution in [0.5, 0.6) is 0 Å². The van der Waals surface area contributed by atoms with Gasteiger partial charge in [-0.1, -0.05) is 53.5 Å². The normalized spacial score (nSPS) is 11.5. The predicted molar refractivity (Wildman–Crippen MR) is 98.7 cm³/mol. The molecule has 0 atom stereocenters. The fourth-order valence-corrected chi connectivity index (χ4v) is 2.89. The van der Waals surface area contributed by atoms with Gasteiger partial charge in [0.15, 0.2) is 0 Å². The summed E-state index contributed by atoms with van der Waals surface area (Å²) in [6, 6.07) is 15.6. The van der Waals surface area contributed by atoms with Crippen LogP contribution in [0.3, 0.4) is 0 Å². The van der Waals surface area contributed by atoms with Crippen molar-refractivity contribution in [1.29, 1.82) is 0 Å². The Morgan fingerprint density at radius 1 is 0.920 bits per heavy atom. The van der Waals surface area contributed by atoms with E-state index in [-0.39, 0.29) is 11.3 Å². The number of hydrogen-bond donors (Lipinski definition) is 1. The quantitative estimate of drug-likeness (QED) is 0.531. The molecule has 1 N–H and O–H groups in total. The molecule has 1 heterocycles. The van der Waals surface area contributed by atoms with Gasteiger partial charge in [0, 0.05) is 21.0 Å². The van der Waals surface area contributed by atoms with Crippen LogP contribution in [0, 0.1) is 0 Å². The number of fused-ring (bicyclic) bond motifs is 1. The summed E-state index contributed by atoms with van der Waals surface area (Å²) in [7, 11) is 0. The topological polar surface area (TPSA) is 67.3 Å². The van der Waals surface area contributed by atoms with Crippen LogP contribution in [0.1, 0.15) is 11.3 Å². The average molecular weight is 372 g/mol. The van der Waals surface area contributed by atoms with Gasteiger partial charge in [-0.05, 0) is 30.3 Å². The zero-order valence-electron chi connectivity index (χ0n) is 12.7. The van der Waals surface area contributed by atoms with Gasteiger partial charge in [0.1, 0.15) is 0 Å². The summed E-state index contributed by atoms with van der Waals surface area (Å²) in [5.74, 6) is -2.66. The van der Waals surface area contributed by atoms with E-state index < -0.39 is 11.8 Å². The Morgan fingerprint density at radius 2 is 1.60 bits per heavy atom. The maximum atomic E-state index is 12.2. The number of carboxylic acids is 1. The standard InChI is InChI=1S/C19H11Cl2NO3/c20-14-5-3-6-15(21)12(14)10-13(18(23)19(24)25)17-9-8-11-4-1-2-7-16(11)22-17/h1-10H,(H,24,25). The Labute approximate surface area is 153 Å². The molecule has 3 rings (SSSR count). The summed E-state index contributed by atoms with van der Waals surface area (Å²) in [4.78, 5) is 27.9. The zero-order valence-corrected chi connectivity index (χ0v) is 14.3. The second-order valence-corrected chi connectivity index (χ2v) is 6.03. The number of aromatic nitrogens is 1. The van der Waals surface area contributed by atoms with E-state index in [1.807, 2.05) is 18.2 Å². The number of carboxylic acid groups (broad SMARTS) is 1. The van der Waals surface area contributed by atoms with Crippen molar-refractivity contribution in [3.63, 3.8) is 0 Å². The van der Waals surface area contributed by atoms with Crippen molar-refractivity contribution in [2.75, 3.05) is 0 Å². The lowest BCUT2D eigenvalue weighted by Gasteiger charge is -2.08. The molecule has 0 unspecified atom stereocenters. The van der Waals surface area contributed by atoms with E-state index in [2.05, 4.69) is 4.98 Å². The Bertz CT molecular complexity index is 1010. The van der Waals surface area contributed by atoms with Crippen LogP contribution in [0.15, 0.2) is 54.6 Å². The summed E-state index contributed by atoms with van der Waals surface area (Å²) in [6.07, 6.45) is 1.36. The van der Waals surface area contributed by atoms with Crippen molar-refractivity contribution in [3.8, 4) is 0 Å². The SMILES string of the molecule is O=C(O)C(=O)C(=Cc1c(Cl)cccc1Cl)c1ccc2ccccc2n1. The first-order valence-corrected chi connectivity index (χ1v) is 8.02. The summed E-state index contributed by atoms with van der Waals surface area (Å²) >= 11 is 12.3. The van der Waals surface area contributed by atoms with Crippen molar-refractivity contribution in [1.82, 2.24) is 4.98 Å². The lowest BCUT2D eigenvalue weighted by molar-refractivity contribution is -0.146. The van der Waals surface area contributed by atoms with E-state index >= 15 is 0 Å². The van der Waals surface area contributed by atoms with Crippen molar-refractivity contribution >= 4 is 57.5 Å². The molecule has 2 aromatic carbocycles. The highest BCUT2D eigenvalue weighted by atomic mass is 35.5. The number of nitrogens with zero attached hydrogens (tertiary/aromatic N) is 1. The molecular formula is C19H11Cl2NO3. The van der Waals surface area contributed by atoms with Crippen molar-refractivity contribution in [3.05, 3.63) is 75.9 Å². The van der Waals surface area contributed by atoms with E-state index in [4.69, 9.17) is 28.3 Å². The number of aliphatic carboxylic acids is 1. The number of pyridine rings is 1.